The summed E-state index contributed by atoms with van der Waals surface area (Å²) < 4.78 is 7.96. The molecule has 7 heteroatoms. The van der Waals surface area contributed by atoms with E-state index >= 15 is 0 Å². The van der Waals surface area contributed by atoms with Crippen LogP contribution >= 0.6 is 11.8 Å². The molecule has 0 aromatic carbocycles. The third kappa shape index (κ3) is 4.67. The lowest BCUT2D eigenvalue weighted by Gasteiger charge is -2.33. The van der Waals surface area contributed by atoms with Gasteiger partial charge in [-0.15, -0.1) is 10.2 Å². The van der Waals surface area contributed by atoms with Gasteiger partial charge < -0.3 is 15.0 Å². The molecule has 0 saturated carbocycles. The van der Waals surface area contributed by atoms with Crippen molar-refractivity contribution < 1.29 is 4.74 Å². The van der Waals surface area contributed by atoms with Gasteiger partial charge in [-0.05, 0) is 12.8 Å². The van der Waals surface area contributed by atoms with Crippen LogP contribution in [0.5, 0.6) is 0 Å². The Kier molecular flexibility index (Phi) is 6.47. The smallest absolute Gasteiger partial charge is 0.191 e. The molecule has 0 amide bonds. The van der Waals surface area contributed by atoms with E-state index < -0.39 is 0 Å². The Balaban J connectivity index is 1.86. The number of ether oxygens (including phenoxy) is 1. The van der Waals surface area contributed by atoms with E-state index in [1.165, 1.54) is 0 Å². The molecule has 1 aromatic heterocycles. The first-order chi connectivity index (χ1) is 10.1. The van der Waals surface area contributed by atoms with E-state index in [-0.39, 0.29) is 6.10 Å². The van der Waals surface area contributed by atoms with Crippen molar-refractivity contribution >= 4 is 11.8 Å². The van der Waals surface area contributed by atoms with Crippen LogP contribution in [0.4, 0.5) is 0 Å². The Morgan fingerprint density at radius 2 is 2.24 bits per heavy atom. The fourth-order valence-corrected chi connectivity index (χ4v) is 3.65. The molecule has 2 N–H and O–H groups in total. The minimum absolute atomic E-state index is 0.269. The Morgan fingerprint density at radius 3 is 2.90 bits per heavy atom. The minimum atomic E-state index is 0.269. The summed E-state index contributed by atoms with van der Waals surface area (Å²) in [5.41, 5.74) is 5.68. The van der Waals surface area contributed by atoms with Gasteiger partial charge in [-0.2, -0.15) is 0 Å². The van der Waals surface area contributed by atoms with Crippen LogP contribution in [-0.2, 0) is 17.8 Å². The molecule has 1 aliphatic rings. The number of hydrogen-bond acceptors (Lipinski definition) is 6. The lowest BCUT2D eigenvalue weighted by molar-refractivity contribution is -0.0191. The Labute approximate surface area is 131 Å². The van der Waals surface area contributed by atoms with E-state index in [2.05, 4.69) is 40.4 Å². The quantitative estimate of drug-likeness (QED) is 0.763. The van der Waals surface area contributed by atoms with Crippen molar-refractivity contribution in [2.45, 2.75) is 45.1 Å². The van der Waals surface area contributed by atoms with Crippen molar-refractivity contribution in [1.82, 2.24) is 19.7 Å². The molecule has 0 spiro atoms. The monoisotopic (exact) mass is 313 g/mol. The van der Waals surface area contributed by atoms with E-state index in [9.17, 15) is 0 Å². The van der Waals surface area contributed by atoms with Crippen molar-refractivity contribution in [3.8, 4) is 0 Å². The molecule has 1 saturated heterocycles. The molecule has 1 unspecified atom stereocenters. The summed E-state index contributed by atoms with van der Waals surface area (Å²) in [6, 6.07) is 0. The van der Waals surface area contributed by atoms with Crippen LogP contribution in [-0.4, -0.2) is 57.8 Å². The molecule has 120 valence electrons. The summed E-state index contributed by atoms with van der Waals surface area (Å²) in [5.74, 6) is 2.47. The molecule has 21 heavy (non-hydrogen) atoms. The van der Waals surface area contributed by atoms with Gasteiger partial charge in [-0.3, -0.25) is 4.90 Å². The van der Waals surface area contributed by atoms with Gasteiger partial charge in [0.2, 0.25) is 0 Å². The largest absolute Gasteiger partial charge is 0.375 e. The average Bonchev–Trinajstić information content (AvgIpc) is 2.86. The molecule has 0 aliphatic carbocycles. The van der Waals surface area contributed by atoms with E-state index in [0.717, 1.165) is 49.5 Å². The molecule has 0 radical (unpaired) electrons. The van der Waals surface area contributed by atoms with Crippen molar-refractivity contribution in [2.75, 3.05) is 32.0 Å². The highest BCUT2D eigenvalue weighted by Gasteiger charge is 2.22. The number of morpholine rings is 1. The second-order valence-corrected chi connectivity index (χ2v) is 6.79. The molecule has 1 fully saturated rings. The summed E-state index contributed by atoms with van der Waals surface area (Å²) in [4.78, 5) is 2.50. The molecular formula is C14H27N5OS. The molecule has 1 atom stereocenters. The molecule has 1 aromatic rings. The van der Waals surface area contributed by atoms with Crippen molar-refractivity contribution in [3.63, 3.8) is 0 Å². The highest BCUT2D eigenvalue weighted by Crippen LogP contribution is 2.20. The van der Waals surface area contributed by atoms with Gasteiger partial charge in [-0.25, -0.2) is 0 Å². The van der Waals surface area contributed by atoms with Gasteiger partial charge in [0.25, 0.3) is 0 Å². The van der Waals surface area contributed by atoms with Crippen LogP contribution in [0.3, 0.4) is 0 Å². The normalized spacial score (nSPS) is 20.3. The maximum absolute atomic E-state index is 5.87. The highest BCUT2D eigenvalue weighted by atomic mass is 32.2. The number of hydrogen-bond donors (Lipinski definition) is 1. The minimum Gasteiger partial charge on any atom is -0.375 e. The lowest BCUT2D eigenvalue weighted by atomic mass is 10.2. The van der Waals surface area contributed by atoms with Crippen LogP contribution in [0.1, 0.15) is 26.6 Å². The Morgan fingerprint density at radius 1 is 1.43 bits per heavy atom. The zero-order valence-corrected chi connectivity index (χ0v) is 14.1. The van der Waals surface area contributed by atoms with E-state index in [0.29, 0.717) is 12.5 Å². The zero-order chi connectivity index (χ0) is 15.2. The maximum atomic E-state index is 5.87. The van der Waals surface area contributed by atoms with E-state index in [1.54, 1.807) is 11.8 Å². The maximum Gasteiger partial charge on any atom is 0.191 e. The highest BCUT2D eigenvalue weighted by molar-refractivity contribution is 7.99. The number of aromatic nitrogens is 3. The third-order valence-electron chi connectivity index (χ3n) is 3.54. The van der Waals surface area contributed by atoms with Crippen molar-refractivity contribution in [2.24, 2.45) is 11.7 Å². The number of thioether (sulfide) groups is 1. The molecule has 0 bridgehead atoms. The second-order valence-electron chi connectivity index (χ2n) is 5.80. The van der Waals surface area contributed by atoms with Crippen molar-refractivity contribution in [1.29, 1.82) is 0 Å². The SMILES string of the molecule is CCn1c(CN)nnc1SCC1CN(CC(C)C)CCO1. The fraction of sp³-hybridized carbons (Fsp3) is 0.857. The standard InChI is InChI=1S/C14H27N5OS/c1-4-19-13(7-15)16-17-14(19)21-10-12-9-18(5-6-20-12)8-11(2)3/h11-12H,4-10,15H2,1-3H3. The molecule has 2 rings (SSSR count). The first-order valence-electron chi connectivity index (χ1n) is 7.72. The summed E-state index contributed by atoms with van der Waals surface area (Å²) in [5, 5.41) is 9.32. The van der Waals surface area contributed by atoms with Gasteiger partial charge in [0.05, 0.1) is 19.3 Å². The lowest BCUT2D eigenvalue weighted by Crippen LogP contribution is -2.44. The topological polar surface area (TPSA) is 69.2 Å². The van der Waals surface area contributed by atoms with Crippen LogP contribution < -0.4 is 5.73 Å². The molecular weight excluding hydrogens is 286 g/mol. The van der Waals surface area contributed by atoms with E-state index in [4.69, 9.17) is 10.5 Å². The van der Waals surface area contributed by atoms with Gasteiger partial charge in [0.1, 0.15) is 5.82 Å². The van der Waals surface area contributed by atoms with E-state index in [1.807, 2.05) is 0 Å². The Bertz CT molecular complexity index is 437. The average molecular weight is 313 g/mol. The summed E-state index contributed by atoms with van der Waals surface area (Å²) >= 11 is 1.72. The molecule has 1 aliphatic heterocycles. The van der Waals surface area contributed by atoms with Crippen LogP contribution in [0, 0.1) is 5.92 Å². The van der Waals surface area contributed by atoms with Crippen LogP contribution in [0.15, 0.2) is 5.16 Å². The number of nitrogens with two attached hydrogens (primary N) is 1. The first kappa shape index (κ1) is 16.7. The van der Waals surface area contributed by atoms with Gasteiger partial charge in [-0.1, -0.05) is 25.6 Å². The first-order valence-corrected chi connectivity index (χ1v) is 8.71. The Hall–Kier alpha value is -0.630. The summed E-state index contributed by atoms with van der Waals surface area (Å²) in [6.07, 6.45) is 0.269. The zero-order valence-electron chi connectivity index (χ0n) is 13.3. The van der Waals surface area contributed by atoms with Gasteiger partial charge >= 0.3 is 0 Å². The summed E-state index contributed by atoms with van der Waals surface area (Å²) in [6.45, 7) is 11.9. The van der Waals surface area contributed by atoms with Crippen LogP contribution in [0.25, 0.3) is 0 Å². The van der Waals surface area contributed by atoms with Gasteiger partial charge in [0.15, 0.2) is 5.16 Å². The molecule has 6 nitrogen and oxygen atoms in total. The predicted octanol–water partition coefficient (Wildman–Crippen LogP) is 1.21. The second kappa shape index (κ2) is 8.12. The predicted molar refractivity (Wildman–Crippen MR) is 85.3 cm³/mol. The van der Waals surface area contributed by atoms with Crippen LogP contribution in [0.2, 0.25) is 0 Å². The third-order valence-corrected chi connectivity index (χ3v) is 4.64. The number of rotatable bonds is 7. The summed E-state index contributed by atoms with van der Waals surface area (Å²) in [7, 11) is 0. The van der Waals surface area contributed by atoms with Crippen molar-refractivity contribution in [3.05, 3.63) is 5.82 Å². The molecule has 2 heterocycles. The van der Waals surface area contributed by atoms with Gasteiger partial charge in [0, 0.05) is 31.9 Å². The fourth-order valence-electron chi connectivity index (χ4n) is 2.63. The number of nitrogens with zero attached hydrogens (tertiary/aromatic N) is 4.